The molecule has 26 heavy (non-hydrogen) atoms. The van der Waals surface area contributed by atoms with Crippen molar-refractivity contribution in [2.75, 3.05) is 23.8 Å². The second-order valence-corrected chi connectivity index (χ2v) is 6.29. The van der Waals surface area contributed by atoms with E-state index in [0.717, 1.165) is 16.5 Å². The van der Waals surface area contributed by atoms with Crippen molar-refractivity contribution in [2.45, 2.75) is 0 Å². The number of likely N-dealkylation sites (N-methyl/N-ethyl adjacent to an activating group) is 1. The van der Waals surface area contributed by atoms with Crippen LogP contribution in [0.5, 0.6) is 0 Å². The molecule has 0 bridgehead atoms. The van der Waals surface area contributed by atoms with Gasteiger partial charge in [-0.15, -0.1) is 0 Å². The van der Waals surface area contributed by atoms with Crippen molar-refractivity contribution in [1.82, 2.24) is 0 Å². The highest BCUT2D eigenvalue weighted by Gasteiger charge is 2.17. The van der Waals surface area contributed by atoms with Gasteiger partial charge in [0.2, 0.25) is 5.91 Å². The second-order valence-electron chi connectivity index (χ2n) is 5.85. The molecule has 0 unspecified atom stereocenters. The summed E-state index contributed by atoms with van der Waals surface area (Å²) in [5.74, 6) is -0.369. The predicted molar refractivity (Wildman–Crippen MR) is 104 cm³/mol. The van der Waals surface area contributed by atoms with Gasteiger partial charge in [-0.3, -0.25) is 14.9 Å². The van der Waals surface area contributed by atoms with Gasteiger partial charge in [0.1, 0.15) is 5.69 Å². The van der Waals surface area contributed by atoms with Crippen molar-refractivity contribution in [1.29, 1.82) is 0 Å². The lowest BCUT2D eigenvalue weighted by Gasteiger charge is -2.19. The zero-order valence-electron chi connectivity index (χ0n) is 14.0. The van der Waals surface area contributed by atoms with E-state index in [4.69, 9.17) is 11.6 Å². The lowest BCUT2D eigenvalue weighted by atomic mass is 10.1. The van der Waals surface area contributed by atoms with Crippen molar-refractivity contribution >= 4 is 45.3 Å². The minimum Gasteiger partial charge on any atom is -0.365 e. The van der Waals surface area contributed by atoms with Crippen LogP contribution in [0, 0.1) is 10.1 Å². The Bertz CT molecular complexity index is 991. The fourth-order valence-corrected chi connectivity index (χ4v) is 2.85. The first-order valence-electron chi connectivity index (χ1n) is 7.88. The monoisotopic (exact) mass is 369 g/mol. The average Bonchev–Trinajstić information content (AvgIpc) is 2.61. The maximum absolute atomic E-state index is 12.3. The number of carbonyl (C=O) groups is 1. The van der Waals surface area contributed by atoms with Crippen LogP contribution in [0.1, 0.15) is 0 Å². The molecule has 0 fully saturated rings. The van der Waals surface area contributed by atoms with E-state index in [-0.39, 0.29) is 23.8 Å². The SMILES string of the molecule is CN(CC(=O)Nc1cc(Cl)ccc1[N+](=O)[O-])c1ccc2ccccc2c1. The standard InChI is InChI=1S/C19H16ClN3O3/c1-22(16-8-6-13-4-2-3-5-14(13)10-16)12-19(24)21-17-11-15(20)7-9-18(17)23(25)26/h2-11H,12H2,1H3,(H,21,24). The number of nitro benzene ring substituents is 1. The molecule has 0 aromatic heterocycles. The number of rotatable bonds is 5. The van der Waals surface area contributed by atoms with E-state index in [1.54, 1.807) is 11.9 Å². The highest BCUT2D eigenvalue weighted by Crippen LogP contribution is 2.28. The summed E-state index contributed by atoms with van der Waals surface area (Å²) in [6.45, 7) is 0.0437. The Balaban J connectivity index is 1.75. The van der Waals surface area contributed by atoms with E-state index < -0.39 is 4.92 Å². The largest absolute Gasteiger partial charge is 0.365 e. The number of nitrogens with zero attached hydrogens (tertiary/aromatic N) is 2. The van der Waals surface area contributed by atoms with Gasteiger partial charge in [0.25, 0.3) is 5.69 Å². The molecule has 0 spiro atoms. The first-order valence-corrected chi connectivity index (χ1v) is 8.25. The maximum atomic E-state index is 12.3. The molecular weight excluding hydrogens is 354 g/mol. The van der Waals surface area contributed by atoms with Crippen LogP contribution in [-0.4, -0.2) is 24.4 Å². The number of nitrogens with one attached hydrogen (secondary N) is 1. The summed E-state index contributed by atoms with van der Waals surface area (Å²) in [7, 11) is 1.79. The lowest BCUT2D eigenvalue weighted by Crippen LogP contribution is -2.30. The number of amides is 1. The molecule has 1 amide bonds. The van der Waals surface area contributed by atoms with Crippen molar-refractivity contribution in [3.05, 3.63) is 75.8 Å². The van der Waals surface area contributed by atoms with Gasteiger partial charge in [-0.1, -0.05) is 41.9 Å². The van der Waals surface area contributed by atoms with Gasteiger partial charge < -0.3 is 10.2 Å². The summed E-state index contributed by atoms with van der Waals surface area (Å²) < 4.78 is 0. The fraction of sp³-hybridized carbons (Fsp3) is 0.105. The molecular formula is C19H16ClN3O3. The molecule has 7 heteroatoms. The van der Waals surface area contributed by atoms with Crippen LogP contribution in [0.3, 0.4) is 0 Å². The molecule has 0 aliphatic rings. The molecule has 1 N–H and O–H groups in total. The minimum absolute atomic E-state index is 0.0437. The molecule has 132 valence electrons. The second kappa shape index (κ2) is 7.41. The third-order valence-corrected chi connectivity index (χ3v) is 4.22. The number of hydrogen-bond donors (Lipinski definition) is 1. The van der Waals surface area contributed by atoms with Crippen LogP contribution in [0.4, 0.5) is 17.1 Å². The first-order chi connectivity index (χ1) is 12.4. The molecule has 0 saturated carbocycles. The number of halogens is 1. The quantitative estimate of drug-likeness (QED) is 0.531. The summed E-state index contributed by atoms with van der Waals surface area (Å²) in [5, 5.41) is 16.1. The van der Waals surface area contributed by atoms with Gasteiger partial charge >= 0.3 is 0 Å². The summed E-state index contributed by atoms with van der Waals surface area (Å²) in [6.07, 6.45) is 0. The summed E-state index contributed by atoms with van der Waals surface area (Å²) in [6, 6.07) is 17.9. The highest BCUT2D eigenvalue weighted by molar-refractivity contribution is 6.31. The van der Waals surface area contributed by atoms with Crippen LogP contribution < -0.4 is 10.2 Å². The van der Waals surface area contributed by atoms with Crippen LogP contribution in [0.2, 0.25) is 5.02 Å². The number of anilines is 2. The van der Waals surface area contributed by atoms with Gasteiger partial charge in [-0.25, -0.2) is 0 Å². The predicted octanol–water partition coefficient (Wildman–Crippen LogP) is 4.48. The van der Waals surface area contributed by atoms with Crippen LogP contribution in [-0.2, 0) is 4.79 Å². The van der Waals surface area contributed by atoms with Crippen LogP contribution in [0.25, 0.3) is 10.8 Å². The van der Waals surface area contributed by atoms with E-state index in [0.29, 0.717) is 5.02 Å². The zero-order valence-corrected chi connectivity index (χ0v) is 14.7. The number of carbonyl (C=O) groups excluding carboxylic acids is 1. The molecule has 0 aliphatic heterocycles. The third-order valence-electron chi connectivity index (χ3n) is 3.98. The van der Waals surface area contributed by atoms with Crippen molar-refractivity contribution in [3.63, 3.8) is 0 Å². The van der Waals surface area contributed by atoms with Crippen LogP contribution >= 0.6 is 11.6 Å². The molecule has 3 aromatic carbocycles. The Labute approximate surface area is 155 Å². The molecule has 0 saturated heterocycles. The first kappa shape index (κ1) is 17.7. The third kappa shape index (κ3) is 3.92. The molecule has 0 aliphatic carbocycles. The highest BCUT2D eigenvalue weighted by atomic mass is 35.5. The Hall–Kier alpha value is -3.12. The van der Waals surface area contributed by atoms with Gasteiger partial charge in [0.15, 0.2) is 0 Å². The number of nitro groups is 1. The molecule has 3 rings (SSSR count). The molecule has 0 radical (unpaired) electrons. The van der Waals surface area contributed by atoms with Crippen LogP contribution in [0.15, 0.2) is 60.7 Å². The topological polar surface area (TPSA) is 75.5 Å². The lowest BCUT2D eigenvalue weighted by molar-refractivity contribution is -0.383. The van der Waals surface area contributed by atoms with E-state index in [2.05, 4.69) is 5.32 Å². The molecule has 6 nitrogen and oxygen atoms in total. The normalized spacial score (nSPS) is 10.5. The average molecular weight is 370 g/mol. The van der Waals surface area contributed by atoms with Gasteiger partial charge in [0.05, 0.1) is 11.5 Å². The maximum Gasteiger partial charge on any atom is 0.292 e. The minimum atomic E-state index is -0.557. The Morgan fingerprint density at radius 1 is 1.12 bits per heavy atom. The summed E-state index contributed by atoms with van der Waals surface area (Å²) in [4.78, 5) is 24.6. The van der Waals surface area contributed by atoms with E-state index in [1.807, 2.05) is 42.5 Å². The van der Waals surface area contributed by atoms with E-state index in [9.17, 15) is 14.9 Å². The van der Waals surface area contributed by atoms with Gasteiger partial charge in [-0.05, 0) is 35.0 Å². The zero-order chi connectivity index (χ0) is 18.7. The van der Waals surface area contributed by atoms with E-state index in [1.165, 1.54) is 18.2 Å². The molecule has 0 heterocycles. The smallest absolute Gasteiger partial charge is 0.292 e. The van der Waals surface area contributed by atoms with Gasteiger partial charge in [-0.2, -0.15) is 0 Å². The Morgan fingerprint density at radius 3 is 2.58 bits per heavy atom. The number of benzene rings is 3. The van der Waals surface area contributed by atoms with E-state index >= 15 is 0 Å². The molecule has 0 atom stereocenters. The fourth-order valence-electron chi connectivity index (χ4n) is 2.68. The Morgan fingerprint density at radius 2 is 1.85 bits per heavy atom. The molecule has 3 aromatic rings. The Kier molecular flexibility index (Phi) is 5.04. The summed E-state index contributed by atoms with van der Waals surface area (Å²) >= 11 is 5.88. The number of hydrogen-bond acceptors (Lipinski definition) is 4. The number of fused-ring (bicyclic) bond motifs is 1. The van der Waals surface area contributed by atoms with Crippen molar-refractivity contribution in [2.24, 2.45) is 0 Å². The summed E-state index contributed by atoms with van der Waals surface area (Å²) in [5.41, 5.74) is 0.759. The van der Waals surface area contributed by atoms with Gasteiger partial charge in [0, 0.05) is 23.8 Å². The van der Waals surface area contributed by atoms with Crippen molar-refractivity contribution in [3.8, 4) is 0 Å². The van der Waals surface area contributed by atoms with Crippen molar-refractivity contribution < 1.29 is 9.72 Å².